The maximum absolute atomic E-state index is 12.3. The summed E-state index contributed by atoms with van der Waals surface area (Å²) in [5, 5.41) is 7.10. The van der Waals surface area contributed by atoms with Crippen LogP contribution in [-0.2, 0) is 6.42 Å². The van der Waals surface area contributed by atoms with Crippen LogP contribution in [0.1, 0.15) is 33.4 Å². The van der Waals surface area contributed by atoms with E-state index in [-0.39, 0.29) is 12.0 Å². The molecule has 1 aromatic heterocycles. The lowest BCUT2D eigenvalue weighted by molar-refractivity contribution is 0.0955. The fourth-order valence-corrected chi connectivity index (χ4v) is 3.66. The van der Waals surface area contributed by atoms with Crippen molar-refractivity contribution in [3.8, 4) is 17.0 Å². The number of thiazole rings is 1. The molecule has 1 amide bonds. The van der Waals surface area contributed by atoms with E-state index in [0.29, 0.717) is 5.56 Å². The van der Waals surface area contributed by atoms with Gasteiger partial charge in [0.05, 0.1) is 16.9 Å². The molecule has 1 N–H and O–H groups in total. The van der Waals surface area contributed by atoms with Gasteiger partial charge in [-0.15, -0.1) is 11.3 Å². The van der Waals surface area contributed by atoms with Gasteiger partial charge in [-0.2, -0.15) is 5.10 Å². The van der Waals surface area contributed by atoms with Gasteiger partial charge in [-0.05, 0) is 55.3 Å². The first-order chi connectivity index (χ1) is 13.1. The second-order valence-corrected chi connectivity index (χ2v) is 7.59. The Balaban J connectivity index is 1.39. The lowest BCUT2D eigenvalue weighted by atomic mass is 10.1. The molecule has 2 aromatic carbocycles. The average molecular weight is 377 g/mol. The smallest absolute Gasteiger partial charge is 0.271 e. The van der Waals surface area contributed by atoms with Crippen LogP contribution in [0.3, 0.4) is 0 Å². The molecule has 0 spiro atoms. The van der Waals surface area contributed by atoms with E-state index >= 15 is 0 Å². The summed E-state index contributed by atoms with van der Waals surface area (Å²) in [5.41, 5.74) is 7.15. The summed E-state index contributed by atoms with van der Waals surface area (Å²) in [6.07, 6.45) is 2.75. The Labute approximate surface area is 161 Å². The zero-order valence-corrected chi connectivity index (χ0v) is 15.9. The standard InChI is InChI=1S/C21H19N3O2S/c1-13-9-18-10-15(3-8-20(18)26-13)11-22-24-21(25)17-6-4-16(5-7-17)19-12-27-14(2)23-19/h3-8,10-13H,9H2,1-2H3,(H,24,25)/b22-11+/t13-/m0/s1. The Hall–Kier alpha value is -2.99. The third kappa shape index (κ3) is 3.90. The van der Waals surface area contributed by atoms with Gasteiger partial charge in [0.2, 0.25) is 0 Å². The van der Waals surface area contributed by atoms with Crippen molar-refractivity contribution in [2.24, 2.45) is 5.10 Å². The lowest BCUT2D eigenvalue weighted by Crippen LogP contribution is -2.17. The Morgan fingerprint density at radius 3 is 2.85 bits per heavy atom. The highest BCUT2D eigenvalue weighted by Crippen LogP contribution is 2.28. The number of hydrogen-bond donors (Lipinski definition) is 1. The van der Waals surface area contributed by atoms with Crippen molar-refractivity contribution in [2.75, 3.05) is 0 Å². The van der Waals surface area contributed by atoms with Crippen LogP contribution in [0.25, 0.3) is 11.3 Å². The third-order valence-electron chi connectivity index (χ3n) is 4.36. The summed E-state index contributed by atoms with van der Waals surface area (Å²) >= 11 is 1.61. The Kier molecular flexibility index (Phi) is 4.73. The first kappa shape index (κ1) is 17.4. The summed E-state index contributed by atoms with van der Waals surface area (Å²) in [6.45, 7) is 4.03. The van der Waals surface area contributed by atoms with Crippen LogP contribution in [0, 0.1) is 6.92 Å². The van der Waals surface area contributed by atoms with Crippen LogP contribution in [0.2, 0.25) is 0 Å². The van der Waals surface area contributed by atoms with Gasteiger partial charge in [0, 0.05) is 22.9 Å². The molecule has 1 aliphatic heterocycles. The topological polar surface area (TPSA) is 63.6 Å². The van der Waals surface area contributed by atoms with Crippen molar-refractivity contribution in [1.82, 2.24) is 10.4 Å². The van der Waals surface area contributed by atoms with Gasteiger partial charge in [-0.1, -0.05) is 12.1 Å². The molecule has 2 heterocycles. The molecule has 0 unspecified atom stereocenters. The van der Waals surface area contributed by atoms with E-state index < -0.39 is 0 Å². The van der Waals surface area contributed by atoms with Crippen LogP contribution < -0.4 is 10.2 Å². The zero-order valence-electron chi connectivity index (χ0n) is 15.1. The fraction of sp³-hybridized carbons (Fsp3) is 0.190. The van der Waals surface area contributed by atoms with E-state index in [2.05, 4.69) is 22.4 Å². The number of benzene rings is 2. The van der Waals surface area contributed by atoms with Gasteiger partial charge in [-0.25, -0.2) is 10.4 Å². The SMILES string of the molecule is Cc1nc(-c2ccc(C(=O)N/N=C/c3ccc4c(c3)C[C@H](C)O4)cc2)cs1. The number of carbonyl (C=O) groups is 1. The summed E-state index contributed by atoms with van der Waals surface area (Å²) < 4.78 is 5.69. The minimum atomic E-state index is -0.245. The Morgan fingerprint density at radius 1 is 1.30 bits per heavy atom. The van der Waals surface area contributed by atoms with E-state index in [0.717, 1.165) is 34.0 Å². The highest BCUT2D eigenvalue weighted by Gasteiger charge is 2.18. The normalized spacial score (nSPS) is 15.6. The molecule has 136 valence electrons. The van der Waals surface area contributed by atoms with Crippen molar-refractivity contribution in [3.63, 3.8) is 0 Å². The second-order valence-electron chi connectivity index (χ2n) is 6.53. The van der Waals surface area contributed by atoms with Crippen LogP contribution in [0.4, 0.5) is 0 Å². The summed E-state index contributed by atoms with van der Waals surface area (Å²) in [5.74, 6) is 0.685. The number of amides is 1. The van der Waals surface area contributed by atoms with E-state index in [1.807, 2.05) is 42.6 Å². The number of nitrogens with one attached hydrogen (secondary N) is 1. The number of aromatic nitrogens is 1. The number of aryl methyl sites for hydroxylation is 1. The zero-order chi connectivity index (χ0) is 18.8. The molecule has 1 aliphatic rings. The fourth-order valence-electron chi connectivity index (χ4n) is 3.04. The molecular weight excluding hydrogens is 358 g/mol. The van der Waals surface area contributed by atoms with Gasteiger partial charge < -0.3 is 4.74 Å². The van der Waals surface area contributed by atoms with Crippen LogP contribution in [-0.4, -0.2) is 23.2 Å². The third-order valence-corrected chi connectivity index (χ3v) is 5.14. The van der Waals surface area contributed by atoms with Gasteiger partial charge in [-0.3, -0.25) is 4.79 Å². The predicted octanol–water partition coefficient (Wildman–Crippen LogP) is 4.21. The van der Waals surface area contributed by atoms with Gasteiger partial charge >= 0.3 is 0 Å². The lowest BCUT2D eigenvalue weighted by Gasteiger charge is -2.03. The average Bonchev–Trinajstić information content (AvgIpc) is 3.26. The first-order valence-electron chi connectivity index (χ1n) is 8.74. The number of hydrazone groups is 1. The van der Waals surface area contributed by atoms with Gasteiger partial charge in [0.15, 0.2) is 0 Å². The van der Waals surface area contributed by atoms with E-state index in [9.17, 15) is 4.79 Å². The maximum atomic E-state index is 12.3. The summed E-state index contributed by atoms with van der Waals surface area (Å²) in [7, 11) is 0. The first-order valence-corrected chi connectivity index (χ1v) is 9.62. The Morgan fingerprint density at radius 2 is 2.11 bits per heavy atom. The van der Waals surface area contributed by atoms with Gasteiger partial charge in [0.1, 0.15) is 11.9 Å². The highest BCUT2D eigenvalue weighted by atomic mass is 32.1. The number of hydrogen-bond acceptors (Lipinski definition) is 5. The number of fused-ring (bicyclic) bond motifs is 1. The number of nitrogens with zero attached hydrogens (tertiary/aromatic N) is 2. The van der Waals surface area contributed by atoms with E-state index in [1.54, 1.807) is 29.7 Å². The molecule has 27 heavy (non-hydrogen) atoms. The number of rotatable bonds is 4. The molecule has 3 aromatic rings. The van der Waals surface area contributed by atoms with Crippen LogP contribution >= 0.6 is 11.3 Å². The largest absolute Gasteiger partial charge is 0.490 e. The minimum Gasteiger partial charge on any atom is -0.490 e. The monoisotopic (exact) mass is 377 g/mol. The van der Waals surface area contributed by atoms with Crippen molar-refractivity contribution < 1.29 is 9.53 Å². The summed E-state index contributed by atoms with van der Waals surface area (Å²) in [4.78, 5) is 16.7. The molecule has 1 atom stereocenters. The second kappa shape index (κ2) is 7.32. The van der Waals surface area contributed by atoms with Crippen molar-refractivity contribution in [2.45, 2.75) is 26.4 Å². The van der Waals surface area contributed by atoms with Crippen molar-refractivity contribution in [1.29, 1.82) is 0 Å². The molecule has 6 heteroatoms. The van der Waals surface area contributed by atoms with Crippen LogP contribution in [0.15, 0.2) is 52.9 Å². The molecule has 5 nitrogen and oxygen atoms in total. The predicted molar refractivity (Wildman–Crippen MR) is 108 cm³/mol. The van der Waals surface area contributed by atoms with Crippen molar-refractivity contribution in [3.05, 3.63) is 69.5 Å². The molecule has 0 radical (unpaired) electrons. The maximum Gasteiger partial charge on any atom is 0.271 e. The number of carbonyl (C=O) groups excluding carboxylic acids is 1. The Bertz CT molecular complexity index is 1010. The van der Waals surface area contributed by atoms with Crippen LogP contribution in [0.5, 0.6) is 5.75 Å². The number of ether oxygens (including phenoxy) is 1. The summed E-state index contributed by atoms with van der Waals surface area (Å²) in [6, 6.07) is 13.3. The van der Waals surface area contributed by atoms with Crippen molar-refractivity contribution >= 4 is 23.5 Å². The van der Waals surface area contributed by atoms with Gasteiger partial charge in [0.25, 0.3) is 5.91 Å². The molecule has 0 saturated carbocycles. The molecule has 0 saturated heterocycles. The van der Waals surface area contributed by atoms with E-state index in [1.165, 1.54) is 5.56 Å². The molecule has 0 aliphatic carbocycles. The molecule has 0 fully saturated rings. The minimum absolute atomic E-state index is 0.211. The quantitative estimate of drug-likeness (QED) is 0.547. The molecular formula is C21H19N3O2S. The van der Waals surface area contributed by atoms with E-state index in [4.69, 9.17) is 4.74 Å². The molecule has 0 bridgehead atoms. The molecule has 4 rings (SSSR count). The highest BCUT2D eigenvalue weighted by molar-refractivity contribution is 7.09.